The van der Waals surface area contributed by atoms with Crippen LogP contribution in [0.1, 0.15) is 5.56 Å². The highest BCUT2D eigenvalue weighted by atomic mass is 35.5. The van der Waals surface area contributed by atoms with Crippen molar-refractivity contribution in [1.82, 2.24) is 10.9 Å². The Kier molecular flexibility index (Phi) is 7.76. The van der Waals surface area contributed by atoms with E-state index in [1.165, 1.54) is 21.3 Å². The third-order valence-corrected chi connectivity index (χ3v) is 3.99. The third-order valence-electron chi connectivity index (χ3n) is 3.67. The highest BCUT2D eigenvalue weighted by Crippen LogP contribution is 2.39. The fourth-order valence-corrected chi connectivity index (χ4v) is 2.59. The zero-order chi connectivity index (χ0) is 20.5. The van der Waals surface area contributed by atoms with Crippen molar-refractivity contribution in [3.8, 4) is 23.0 Å². The van der Waals surface area contributed by atoms with Gasteiger partial charge in [0.05, 0.1) is 32.8 Å². The number of para-hydroxylation sites is 1. The van der Waals surface area contributed by atoms with Gasteiger partial charge in [0, 0.05) is 5.56 Å². The number of amides is 2. The monoisotopic (exact) mass is 408 g/mol. The van der Waals surface area contributed by atoms with Gasteiger partial charge in [-0.2, -0.15) is 0 Å². The average molecular weight is 409 g/mol. The summed E-state index contributed by atoms with van der Waals surface area (Å²) in [7, 11) is 4.44. The van der Waals surface area contributed by atoms with Gasteiger partial charge in [0.1, 0.15) is 5.75 Å². The average Bonchev–Trinajstić information content (AvgIpc) is 2.71. The number of nitrogens with one attached hydrogen (secondary N) is 2. The van der Waals surface area contributed by atoms with Gasteiger partial charge in [-0.3, -0.25) is 20.4 Å². The SMILES string of the molecule is COc1ccc(CC(=O)NNC(=O)COc2ccccc2Cl)c(OC)c1OC. The van der Waals surface area contributed by atoms with Crippen LogP contribution in [-0.2, 0) is 16.0 Å². The van der Waals surface area contributed by atoms with Crippen LogP contribution in [0.5, 0.6) is 23.0 Å². The molecule has 0 saturated carbocycles. The fourth-order valence-electron chi connectivity index (χ4n) is 2.40. The van der Waals surface area contributed by atoms with Gasteiger partial charge >= 0.3 is 0 Å². The minimum Gasteiger partial charge on any atom is -0.493 e. The highest BCUT2D eigenvalue weighted by molar-refractivity contribution is 6.32. The van der Waals surface area contributed by atoms with Gasteiger partial charge in [0.2, 0.25) is 11.7 Å². The van der Waals surface area contributed by atoms with Gasteiger partial charge in [-0.1, -0.05) is 29.8 Å². The highest BCUT2D eigenvalue weighted by Gasteiger charge is 2.18. The number of carbonyl (C=O) groups is 2. The van der Waals surface area contributed by atoms with Gasteiger partial charge < -0.3 is 18.9 Å². The van der Waals surface area contributed by atoms with E-state index >= 15 is 0 Å². The van der Waals surface area contributed by atoms with Crippen LogP contribution in [0, 0.1) is 0 Å². The van der Waals surface area contributed by atoms with Crippen molar-refractivity contribution >= 4 is 23.4 Å². The van der Waals surface area contributed by atoms with Crippen molar-refractivity contribution in [1.29, 1.82) is 0 Å². The molecule has 0 aromatic heterocycles. The molecule has 0 aliphatic carbocycles. The van der Waals surface area contributed by atoms with Crippen molar-refractivity contribution in [3.63, 3.8) is 0 Å². The summed E-state index contributed by atoms with van der Waals surface area (Å²) in [4.78, 5) is 24.0. The van der Waals surface area contributed by atoms with E-state index in [2.05, 4.69) is 10.9 Å². The van der Waals surface area contributed by atoms with Crippen LogP contribution >= 0.6 is 11.6 Å². The zero-order valence-electron chi connectivity index (χ0n) is 15.7. The molecule has 0 aliphatic heterocycles. The molecule has 0 unspecified atom stereocenters. The lowest BCUT2D eigenvalue weighted by Crippen LogP contribution is -2.44. The van der Waals surface area contributed by atoms with E-state index in [-0.39, 0.29) is 13.0 Å². The summed E-state index contributed by atoms with van der Waals surface area (Å²) in [5.41, 5.74) is 5.17. The first kappa shape index (κ1) is 21.2. The van der Waals surface area contributed by atoms with Crippen LogP contribution in [0.2, 0.25) is 5.02 Å². The largest absolute Gasteiger partial charge is 0.493 e. The van der Waals surface area contributed by atoms with E-state index in [1.807, 2.05) is 0 Å². The second-order valence-corrected chi connectivity index (χ2v) is 5.89. The van der Waals surface area contributed by atoms with E-state index in [4.69, 9.17) is 30.5 Å². The lowest BCUT2D eigenvalue weighted by molar-refractivity contribution is -0.129. The normalized spacial score (nSPS) is 10.0. The molecule has 0 aliphatic rings. The van der Waals surface area contributed by atoms with Crippen LogP contribution in [-0.4, -0.2) is 39.8 Å². The predicted molar refractivity (Wildman–Crippen MR) is 103 cm³/mol. The third kappa shape index (κ3) is 5.43. The molecule has 0 spiro atoms. The standard InChI is InChI=1S/C19H21ClN2O6/c1-25-15-9-8-12(18(26-2)19(15)27-3)10-16(23)21-22-17(24)11-28-14-7-5-4-6-13(14)20/h4-9H,10-11H2,1-3H3,(H,21,23)(H,22,24). The Hall–Kier alpha value is -3.13. The molecule has 2 amide bonds. The smallest absolute Gasteiger partial charge is 0.276 e. The number of hydrogen-bond donors (Lipinski definition) is 2. The lowest BCUT2D eigenvalue weighted by atomic mass is 10.1. The van der Waals surface area contributed by atoms with Gasteiger partial charge in [-0.15, -0.1) is 0 Å². The zero-order valence-corrected chi connectivity index (χ0v) is 16.5. The number of hydrazine groups is 1. The fraction of sp³-hybridized carbons (Fsp3) is 0.263. The minimum atomic E-state index is -0.535. The van der Waals surface area contributed by atoms with Crippen LogP contribution in [0.3, 0.4) is 0 Å². The molecule has 0 bridgehead atoms. The second-order valence-electron chi connectivity index (χ2n) is 5.49. The second kappa shape index (κ2) is 10.3. The summed E-state index contributed by atoms with van der Waals surface area (Å²) >= 11 is 5.94. The molecule has 2 aromatic rings. The van der Waals surface area contributed by atoms with E-state index < -0.39 is 11.8 Å². The van der Waals surface area contributed by atoms with Gasteiger partial charge in [-0.05, 0) is 18.2 Å². The number of benzene rings is 2. The summed E-state index contributed by atoms with van der Waals surface area (Å²) in [5, 5.41) is 0.389. The molecule has 0 atom stereocenters. The first-order chi connectivity index (χ1) is 13.5. The van der Waals surface area contributed by atoms with Crippen LogP contribution in [0.4, 0.5) is 0 Å². The van der Waals surface area contributed by atoms with Crippen molar-refractivity contribution in [2.75, 3.05) is 27.9 Å². The van der Waals surface area contributed by atoms with E-state index in [9.17, 15) is 9.59 Å². The number of ether oxygens (including phenoxy) is 4. The maximum Gasteiger partial charge on any atom is 0.276 e. The minimum absolute atomic E-state index is 0.0465. The predicted octanol–water partition coefficient (Wildman–Crippen LogP) is 2.13. The molecule has 0 heterocycles. The summed E-state index contributed by atoms with van der Waals surface area (Å²) in [5.74, 6) is 0.635. The number of rotatable bonds is 8. The Morgan fingerprint density at radius 3 is 2.18 bits per heavy atom. The molecule has 0 saturated heterocycles. The Morgan fingerprint density at radius 2 is 1.54 bits per heavy atom. The molecule has 8 nitrogen and oxygen atoms in total. The lowest BCUT2D eigenvalue weighted by Gasteiger charge is -2.15. The maximum atomic E-state index is 12.2. The van der Waals surface area contributed by atoms with E-state index in [0.29, 0.717) is 33.6 Å². The van der Waals surface area contributed by atoms with Crippen molar-refractivity contribution in [2.45, 2.75) is 6.42 Å². The molecule has 9 heteroatoms. The number of hydrogen-bond acceptors (Lipinski definition) is 6. The van der Waals surface area contributed by atoms with Crippen molar-refractivity contribution in [2.24, 2.45) is 0 Å². The molecule has 2 aromatic carbocycles. The maximum absolute atomic E-state index is 12.2. The van der Waals surface area contributed by atoms with Gasteiger partial charge in [0.15, 0.2) is 18.1 Å². The Bertz CT molecular complexity index is 843. The Balaban J connectivity index is 1.90. The Morgan fingerprint density at radius 1 is 0.857 bits per heavy atom. The summed E-state index contributed by atoms with van der Waals surface area (Å²) in [6.45, 7) is -0.302. The van der Waals surface area contributed by atoms with E-state index in [1.54, 1.807) is 36.4 Å². The van der Waals surface area contributed by atoms with Gasteiger partial charge in [-0.25, -0.2) is 0 Å². The number of halogens is 1. The van der Waals surface area contributed by atoms with Crippen LogP contribution in [0.15, 0.2) is 36.4 Å². The molecule has 0 fully saturated rings. The molecule has 0 radical (unpaired) electrons. The topological polar surface area (TPSA) is 95.1 Å². The first-order valence-corrected chi connectivity index (χ1v) is 8.60. The first-order valence-electron chi connectivity index (χ1n) is 8.23. The van der Waals surface area contributed by atoms with Gasteiger partial charge in [0.25, 0.3) is 5.91 Å². The summed E-state index contributed by atoms with van der Waals surface area (Å²) in [6.07, 6.45) is -0.0465. The number of methoxy groups -OCH3 is 3. The van der Waals surface area contributed by atoms with Crippen LogP contribution in [0.25, 0.3) is 0 Å². The summed E-state index contributed by atoms with van der Waals surface area (Å²) < 4.78 is 21.1. The van der Waals surface area contributed by atoms with Crippen molar-refractivity contribution in [3.05, 3.63) is 47.0 Å². The Labute approximate surface area is 167 Å². The number of carbonyl (C=O) groups excluding carboxylic acids is 2. The molecule has 2 N–H and O–H groups in total. The molecule has 2 rings (SSSR count). The molecule has 28 heavy (non-hydrogen) atoms. The molecular formula is C19H21ClN2O6. The quantitative estimate of drug-likeness (QED) is 0.650. The van der Waals surface area contributed by atoms with E-state index in [0.717, 1.165) is 0 Å². The summed E-state index contributed by atoms with van der Waals surface area (Å²) in [6, 6.07) is 10.1. The van der Waals surface area contributed by atoms with Crippen LogP contribution < -0.4 is 29.8 Å². The van der Waals surface area contributed by atoms with Crippen molar-refractivity contribution < 1.29 is 28.5 Å². The molecular weight excluding hydrogens is 388 g/mol. The molecule has 150 valence electrons.